The first-order chi connectivity index (χ1) is 14.8. The molecule has 0 atom stereocenters. The highest BCUT2D eigenvalue weighted by molar-refractivity contribution is 5.92. The van der Waals surface area contributed by atoms with E-state index in [2.05, 4.69) is 0 Å². The van der Waals surface area contributed by atoms with Gasteiger partial charge in [0.2, 0.25) is 0 Å². The van der Waals surface area contributed by atoms with Crippen molar-refractivity contribution in [1.82, 2.24) is 0 Å². The van der Waals surface area contributed by atoms with Gasteiger partial charge in [-0.05, 0) is 55.7 Å². The summed E-state index contributed by atoms with van der Waals surface area (Å²) in [7, 11) is 0. The van der Waals surface area contributed by atoms with Crippen molar-refractivity contribution in [3.8, 4) is 0 Å². The van der Waals surface area contributed by atoms with Crippen molar-refractivity contribution < 1.29 is 38.9 Å². The quantitative estimate of drug-likeness (QED) is 0.552. The fourth-order valence-corrected chi connectivity index (χ4v) is 3.31. The summed E-state index contributed by atoms with van der Waals surface area (Å²) in [4.78, 5) is 47.6. The molecule has 2 rings (SSSR count). The van der Waals surface area contributed by atoms with Crippen molar-refractivity contribution in [3.63, 3.8) is 0 Å². The van der Waals surface area contributed by atoms with Crippen LogP contribution in [0.3, 0.4) is 0 Å². The van der Waals surface area contributed by atoms with Gasteiger partial charge in [-0.1, -0.05) is 24.3 Å². The number of hydrogen-bond acceptors (Lipinski definition) is 6. The molecule has 0 spiro atoms. The lowest BCUT2D eigenvalue weighted by Crippen LogP contribution is -2.38. The maximum Gasteiger partial charge on any atom is 0.338 e. The van der Waals surface area contributed by atoms with E-state index in [0.29, 0.717) is 11.1 Å². The summed E-state index contributed by atoms with van der Waals surface area (Å²) in [5.41, 5.74) is -0.586. The van der Waals surface area contributed by atoms with Gasteiger partial charge in [0.25, 0.3) is 0 Å². The van der Waals surface area contributed by atoms with E-state index in [1.165, 1.54) is 48.5 Å². The van der Waals surface area contributed by atoms with E-state index in [4.69, 9.17) is 9.47 Å². The molecule has 0 heterocycles. The Balaban J connectivity index is 2.55. The monoisotopic (exact) mass is 428 g/mol. The third-order valence-electron chi connectivity index (χ3n) is 4.86. The molecule has 8 nitrogen and oxygen atoms in total. The van der Waals surface area contributed by atoms with Crippen LogP contribution in [0.1, 0.15) is 58.5 Å². The summed E-state index contributed by atoms with van der Waals surface area (Å²) in [6, 6.07) is 11.7. The summed E-state index contributed by atoms with van der Waals surface area (Å²) in [5, 5.41) is 19.4. The maximum absolute atomic E-state index is 12.5. The molecule has 2 aromatic carbocycles. The van der Waals surface area contributed by atoms with Crippen LogP contribution in [0.5, 0.6) is 0 Å². The predicted octanol–water partition coefficient (Wildman–Crippen LogP) is 3.28. The molecular formula is C23H24O8. The number of benzene rings is 2. The fraction of sp³-hybridized carbons (Fsp3) is 0.304. The second-order valence-corrected chi connectivity index (χ2v) is 6.70. The molecule has 0 amide bonds. The van der Waals surface area contributed by atoms with Crippen molar-refractivity contribution in [2.45, 2.75) is 32.1 Å². The molecule has 31 heavy (non-hydrogen) atoms. The smallest absolute Gasteiger partial charge is 0.338 e. The van der Waals surface area contributed by atoms with E-state index in [1.54, 1.807) is 13.8 Å². The highest BCUT2D eigenvalue weighted by Crippen LogP contribution is 2.38. The van der Waals surface area contributed by atoms with E-state index in [9.17, 15) is 29.4 Å². The molecule has 0 saturated heterocycles. The minimum Gasteiger partial charge on any atom is -0.481 e. The first kappa shape index (κ1) is 23.6. The maximum atomic E-state index is 12.5. The van der Waals surface area contributed by atoms with Gasteiger partial charge in [-0.15, -0.1) is 0 Å². The summed E-state index contributed by atoms with van der Waals surface area (Å²) >= 11 is 0. The van der Waals surface area contributed by atoms with Gasteiger partial charge in [-0.2, -0.15) is 0 Å². The van der Waals surface area contributed by atoms with Gasteiger partial charge in [0.05, 0.1) is 24.3 Å². The minimum absolute atomic E-state index is 0.199. The average Bonchev–Trinajstić information content (AvgIpc) is 2.75. The molecule has 0 aromatic heterocycles. The van der Waals surface area contributed by atoms with Gasteiger partial charge < -0.3 is 19.7 Å². The summed E-state index contributed by atoms with van der Waals surface area (Å²) < 4.78 is 9.89. The Kier molecular flexibility index (Phi) is 7.90. The molecule has 164 valence electrons. The van der Waals surface area contributed by atoms with E-state index in [1.807, 2.05) is 0 Å². The van der Waals surface area contributed by atoms with Crippen molar-refractivity contribution >= 4 is 23.9 Å². The SMILES string of the molecule is CCOC(=O)c1ccc(C(CCC(=O)O)(C(=O)O)c2ccc(C(=O)OCC)cc2)cc1. The van der Waals surface area contributed by atoms with Gasteiger partial charge in [-0.3, -0.25) is 9.59 Å². The predicted molar refractivity (Wildman–Crippen MR) is 110 cm³/mol. The summed E-state index contributed by atoms with van der Waals surface area (Å²) in [5.74, 6) is -3.47. The highest BCUT2D eigenvalue weighted by atomic mass is 16.5. The Hall–Kier alpha value is -3.68. The van der Waals surface area contributed by atoms with Crippen LogP contribution >= 0.6 is 0 Å². The molecule has 0 unspecified atom stereocenters. The molecule has 0 aliphatic carbocycles. The summed E-state index contributed by atoms with van der Waals surface area (Å²) in [6.07, 6.45) is -0.624. The number of carboxylic acid groups (broad SMARTS) is 2. The van der Waals surface area contributed by atoms with Gasteiger partial charge in [0.1, 0.15) is 5.41 Å². The van der Waals surface area contributed by atoms with Crippen molar-refractivity contribution in [3.05, 3.63) is 70.8 Å². The van der Waals surface area contributed by atoms with Gasteiger partial charge >= 0.3 is 23.9 Å². The Morgan fingerprint density at radius 2 is 1.13 bits per heavy atom. The van der Waals surface area contributed by atoms with Crippen LogP contribution in [0.25, 0.3) is 0 Å². The van der Waals surface area contributed by atoms with Gasteiger partial charge in [0.15, 0.2) is 0 Å². The lowest BCUT2D eigenvalue weighted by Gasteiger charge is -2.30. The number of carbonyl (C=O) groups is 4. The zero-order valence-corrected chi connectivity index (χ0v) is 17.3. The van der Waals surface area contributed by atoms with Crippen LogP contribution < -0.4 is 0 Å². The molecule has 0 radical (unpaired) electrons. The van der Waals surface area contributed by atoms with Crippen LogP contribution in [-0.2, 0) is 24.5 Å². The number of aliphatic carboxylic acids is 2. The lowest BCUT2D eigenvalue weighted by molar-refractivity contribution is -0.143. The zero-order valence-electron chi connectivity index (χ0n) is 17.3. The molecule has 0 aliphatic heterocycles. The normalized spacial score (nSPS) is 10.9. The summed E-state index contributed by atoms with van der Waals surface area (Å²) in [6.45, 7) is 3.75. The first-order valence-electron chi connectivity index (χ1n) is 9.76. The Morgan fingerprint density at radius 3 is 1.42 bits per heavy atom. The number of esters is 2. The van der Waals surface area contributed by atoms with Crippen LogP contribution in [0.4, 0.5) is 0 Å². The minimum atomic E-state index is -1.70. The molecule has 0 bridgehead atoms. The van der Waals surface area contributed by atoms with E-state index in [0.717, 1.165) is 0 Å². The zero-order chi connectivity index (χ0) is 23.0. The first-order valence-corrected chi connectivity index (χ1v) is 9.76. The van der Waals surface area contributed by atoms with Gasteiger partial charge in [0, 0.05) is 6.42 Å². The second-order valence-electron chi connectivity index (χ2n) is 6.70. The molecular weight excluding hydrogens is 404 g/mol. The van der Waals surface area contributed by atoms with E-state index in [-0.39, 0.29) is 30.8 Å². The van der Waals surface area contributed by atoms with Crippen LogP contribution in [0, 0.1) is 0 Å². The number of carboxylic acids is 2. The van der Waals surface area contributed by atoms with Crippen molar-refractivity contribution in [2.24, 2.45) is 0 Å². The lowest BCUT2D eigenvalue weighted by atomic mass is 9.71. The Bertz CT molecular complexity index is 883. The van der Waals surface area contributed by atoms with Crippen molar-refractivity contribution in [1.29, 1.82) is 0 Å². The second kappa shape index (κ2) is 10.4. The standard InChI is InChI=1S/C23H24O8/c1-3-30-20(26)15-5-9-17(10-6-15)23(22(28)29,14-13-19(24)25)18-11-7-16(8-12-18)21(27)31-4-2/h5-12H,3-4,13-14H2,1-2H3,(H,24,25)(H,28,29). The van der Waals surface area contributed by atoms with E-state index < -0.39 is 35.7 Å². The topological polar surface area (TPSA) is 127 Å². The van der Waals surface area contributed by atoms with Crippen LogP contribution in [0.15, 0.2) is 48.5 Å². The number of ether oxygens (including phenoxy) is 2. The Labute approximate surface area is 179 Å². The molecule has 0 fully saturated rings. The number of rotatable bonds is 10. The van der Waals surface area contributed by atoms with Crippen LogP contribution in [-0.4, -0.2) is 47.3 Å². The Morgan fingerprint density at radius 1 is 0.742 bits per heavy atom. The molecule has 0 saturated carbocycles. The fourth-order valence-electron chi connectivity index (χ4n) is 3.31. The highest BCUT2D eigenvalue weighted by Gasteiger charge is 2.42. The van der Waals surface area contributed by atoms with E-state index >= 15 is 0 Å². The number of hydrogen-bond donors (Lipinski definition) is 2. The molecule has 8 heteroatoms. The van der Waals surface area contributed by atoms with Crippen molar-refractivity contribution in [2.75, 3.05) is 13.2 Å². The number of carbonyl (C=O) groups excluding carboxylic acids is 2. The molecule has 0 aliphatic rings. The molecule has 2 aromatic rings. The average molecular weight is 428 g/mol. The largest absolute Gasteiger partial charge is 0.481 e. The third kappa shape index (κ3) is 5.28. The van der Waals surface area contributed by atoms with Crippen LogP contribution in [0.2, 0.25) is 0 Å². The molecule has 2 N–H and O–H groups in total. The third-order valence-corrected chi connectivity index (χ3v) is 4.86. The van der Waals surface area contributed by atoms with Gasteiger partial charge in [-0.25, -0.2) is 9.59 Å².